The van der Waals surface area contributed by atoms with Gasteiger partial charge < -0.3 is 10.1 Å². The van der Waals surface area contributed by atoms with E-state index in [1.54, 1.807) is 0 Å². The minimum Gasteiger partial charge on any atom is -0.376 e. The van der Waals surface area contributed by atoms with Crippen LogP contribution in [0.5, 0.6) is 0 Å². The summed E-state index contributed by atoms with van der Waals surface area (Å²) in [4.78, 5) is 12.5. The molecular formula is C19H22N2O4S. The first kappa shape index (κ1) is 18.6. The van der Waals surface area contributed by atoms with Crippen LogP contribution in [0.1, 0.15) is 22.8 Å². The molecule has 2 aromatic carbocycles. The lowest BCUT2D eigenvalue weighted by atomic mass is 10.2. The van der Waals surface area contributed by atoms with E-state index in [1.165, 1.54) is 28.6 Å². The van der Waals surface area contributed by atoms with E-state index in [4.69, 9.17) is 4.74 Å². The Bertz CT molecular complexity index is 877. The van der Waals surface area contributed by atoms with Crippen LogP contribution >= 0.6 is 0 Å². The molecule has 1 saturated heterocycles. The first-order valence-corrected chi connectivity index (χ1v) is 9.90. The molecule has 1 amide bonds. The molecule has 1 atom stereocenters. The van der Waals surface area contributed by atoms with Crippen molar-refractivity contribution >= 4 is 21.6 Å². The van der Waals surface area contributed by atoms with Gasteiger partial charge in [0.1, 0.15) is 0 Å². The van der Waals surface area contributed by atoms with Crippen molar-refractivity contribution in [2.45, 2.75) is 24.8 Å². The molecule has 1 aliphatic heterocycles. The number of nitrogens with zero attached hydrogens (tertiary/aromatic N) is 1. The SMILES string of the molecule is Cc1ccc(NC(=O)c2ccc(S(=O)(=O)N3CCOC(C)C3)cc2)cc1. The lowest BCUT2D eigenvalue weighted by molar-refractivity contribution is 0.0102. The molecule has 0 spiro atoms. The van der Waals surface area contributed by atoms with E-state index in [0.29, 0.717) is 30.9 Å². The number of aryl methyl sites for hydroxylation is 1. The molecule has 1 unspecified atom stereocenters. The van der Waals surface area contributed by atoms with Crippen LogP contribution < -0.4 is 5.32 Å². The van der Waals surface area contributed by atoms with Crippen LogP contribution in [0.4, 0.5) is 5.69 Å². The minimum absolute atomic E-state index is 0.127. The number of ether oxygens (including phenoxy) is 1. The quantitative estimate of drug-likeness (QED) is 0.893. The first-order valence-electron chi connectivity index (χ1n) is 8.46. The van der Waals surface area contributed by atoms with E-state index in [-0.39, 0.29) is 16.9 Å². The van der Waals surface area contributed by atoms with Gasteiger partial charge in [-0.25, -0.2) is 8.42 Å². The van der Waals surface area contributed by atoms with E-state index < -0.39 is 10.0 Å². The fraction of sp³-hybridized carbons (Fsp3) is 0.316. The summed E-state index contributed by atoms with van der Waals surface area (Å²) in [5, 5.41) is 2.80. The number of anilines is 1. The lowest BCUT2D eigenvalue weighted by Crippen LogP contribution is -2.44. The van der Waals surface area contributed by atoms with E-state index in [1.807, 2.05) is 38.1 Å². The highest BCUT2D eigenvalue weighted by Crippen LogP contribution is 2.20. The third-order valence-electron chi connectivity index (χ3n) is 4.27. The highest BCUT2D eigenvalue weighted by atomic mass is 32.2. The number of hydrogen-bond acceptors (Lipinski definition) is 4. The number of morpholine rings is 1. The second-order valence-electron chi connectivity index (χ2n) is 6.39. The number of nitrogens with one attached hydrogen (secondary N) is 1. The minimum atomic E-state index is -3.58. The number of hydrogen-bond donors (Lipinski definition) is 1. The average Bonchev–Trinajstić information content (AvgIpc) is 2.64. The van der Waals surface area contributed by atoms with Crippen LogP contribution in [-0.4, -0.2) is 44.4 Å². The van der Waals surface area contributed by atoms with Gasteiger partial charge in [0, 0.05) is 24.3 Å². The van der Waals surface area contributed by atoms with Crippen LogP contribution in [0.3, 0.4) is 0 Å². The molecule has 1 N–H and O–H groups in total. The van der Waals surface area contributed by atoms with Crippen molar-refractivity contribution in [1.82, 2.24) is 4.31 Å². The van der Waals surface area contributed by atoms with Crippen molar-refractivity contribution in [1.29, 1.82) is 0 Å². The Labute approximate surface area is 153 Å². The molecule has 1 heterocycles. The number of amides is 1. The molecule has 1 fully saturated rings. The molecule has 3 rings (SSSR count). The van der Waals surface area contributed by atoms with Crippen molar-refractivity contribution in [3.8, 4) is 0 Å². The zero-order chi connectivity index (χ0) is 18.7. The lowest BCUT2D eigenvalue weighted by Gasteiger charge is -2.30. The Morgan fingerprint density at radius 3 is 2.38 bits per heavy atom. The summed E-state index contributed by atoms with van der Waals surface area (Å²) >= 11 is 0. The molecule has 2 aromatic rings. The van der Waals surface area contributed by atoms with Gasteiger partial charge >= 0.3 is 0 Å². The monoisotopic (exact) mass is 374 g/mol. The molecule has 7 heteroatoms. The predicted octanol–water partition coefficient (Wildman–Crippen LogP) is 2.66. The van der Waals surface area contributed by atoms with Gasteiger partial charge in [0.15, 0.2) is 0 Å². The fourth-order valence-corrected chi connectivity index (χ4v) is 4.27. The molecule has 6 nitrogen and oxygen atoms in total. The third kappa shape index (κ3) is 4.12. The molecule has 26 heavy (non-hydrogen) atoms. The van der Waals surface area contributed by atoms with Gasteiger partial charge in [-0.05, 0) is 50.2 Å². The van der Waals surface area contributed by atoms with E-state index in [2.05, 4.69) is 5.32 Å². The molecule has 0 aliphatic carbocycles. The Kier molecular flexibility index (Phi) is 5.41. The van der Waals surface area contributed by atoms with Crippen LogP contribution in [0.15, 0.2) is 53.4 Å². The summed E-state index contributed by atoms with van der Waals surface area (Å²) in [6, 6.07) is 13.5. The summed E-state index contributed by atoms with van der Waals surface area (Å²) in [6.07, 6.45) is -0.127. The maximum Gasteiger partial charge on any atom is 0.255 e. The Morgan fingerprint density at radius 2 is 1.77 bits per heavy atom. The summed E-state index contributed by atoms with van der Waals surface area (Å²) in [7, 11) is -3.58. The molecule has 138 valence electrons. The number of sulfonamides is 1. The number of carbonyl (C=O) groups excluding carboxylic acids is 1. The zero-order valence-corrected chi connectivity index (χ0v) is 15.6. The summed E-state index contributed by atoms with van der Waals surface area (Å²) in [6.45, 7) is 4.87. The van der Waals surface area contributed by atoms with E-state index >= 15 is 0 Å². The molecule has 1 aliphatic rings. The van der Waals surface area contributed by atoms with Crippen molar-refractivity contribution in [3.05, 3.63) is 59.7 Å². The zero-order valence-electron chi connectivity index (χ0n) is 14.8. The Balaban J connectivity index is 1.73. The van der Waals surface area contributed by atoms with Gasteiger partial charge in [-0.15, -0.1) is 0 Å². The molecule has 0 aromatic heterocycles. The average molecular weight is 374 g/mol. The second-order valence-corrected chi connectivity index (χ2v) is 8.33. The second kappa shape index (κ2) is 7.57. The topological polar surface area (TPSA) is 75.7 Å². The van der Waals surface area contributed by atoms with Crippen LogP contribution in [0.2, 0.25) is 0 Å². The Morgan fingerprint density at radius 1 is 1.12 bits per heavy atom. The number of benzene rings is 2. The van der Waals surface area contributed by atoms with Crippen LogP contribution in [-0.2, 0) is 14.8 Å². The van der Waals surface area contributed by atoms with Crippen molar-refractivity contribution in [2.75, 3.05) is 25.0 Å². The summed E-state index contributed by atoms with van der Waals surface area (Å²) in [5.74, 6) is -0.280. The highest BCUT2D eigenvalue weighted by Gasteiger charge is 2.29. The third-order valence-corrected chi connectivity index (χ3v) is 6.15. The standard InChI is InChI=1S/C19H22N2O4S/c1-14-3-7-17(8-4-14)20-19(22)16-5-9-18(10-6-16)26(23,24)21-11-12-25-15(2)13-21/h3-10,15H,11-13H2,1-2H3,(H,20,22). The van der Waals surface area contributed by atoms with Crippen molar-refractivity contribution in [3.63, 3.8) is 0 Å². The number of rotatable bonds is 4. The van der Waals surface area contributed by atoms with Crippen LogP contribution in [0.25, 0.3) is 0 Å². The summed E-state index contributed by atoms with van der Waals surface area (Å²) < 4.78 is 32.2. The van der Waals surface area contributed by atoms with Crippen LogP contribution in [0, 0.1) is 6.92 Å². The molecule has 0 saturated carbocycles. The van der Waals surface area contributed by atoms with Gasteiger partial charge in [-0.3, -0.25) is 4.79 Å². The van der Waals surface area contributed by atoms with E-state index in [9.17, 15) is 13.2 Å². The maximum atomic E-state index is 12.7. The highest BCUT2D eigenvalue weighted by molar-refractivity contribution is 7.89. The van der Waals surface area contributed by atoms with E-state index in [0.717, 1.165) is 5.56 Å². The molecule has 0 bridgehead atoms. The Hall–Kier alpha value is -2.22. The van der Waals surface area contributed by atoms with Gasteiger partial charge in [-0.2, -0.15) is 4.31 Å². The molecular weight excluding hydrogens is 352 g/mol. The molecule has 0 radical (unpaired) electrons. The number of carbonyl (C=O) groups is 1. The largest absolute Gasteiger partial charge is 0.376 e. The van der Waals surface area contributed by atoms with Crippen molar-refractivity contribution in [2.24, 2.45) is 0 Å². The van der Waals surface area contributed by atoms with Gasteiger partial charge in [0.05, 0.1) is 17.6 Å². The normalized spacial score (nSPS) is 18.5. The predicted molar refractivity (Wildman–Crippen MR) is 99.7 cm³/mol. The maximum absolute atomic E-state index is 12.7. The van der Waals surface area contributed by atoms with Gasteiger partial charge in [0.2, 0.25) is 10.0 Å². The first-order chi connectivity index (χ1) is 12.4. The van der Waals surface area contributed by atoms with Gasteiger partial charge in [0.25, 0.3) is 5.91 Å². The fourth-order valence-electron chi connectivity index (χ4n) is 2.77. The van der Waals surface area contributed by atoms with Crippen molar-refractivity contribution < 1.29 is 17.9 Å². The summed E-state index contributed by atoms with van der Waals surface area (Å²) in [5.41, 5.74) is 2.20. The van der Waals surface area contributed by atoms with Gasteiger partial charge in [-0.1, -0.05) is 17.7 Å². The smallest absolute Gasteiger partial charge is 0.255 e.